The van der Waals surface area contributed by atoms with E-state index in [2.05, 4.69) is 22.1 Å². The van der Waals surface area contributed by atoms with Crippen LogP contribution in [0.4, 0.5) is 0 Å². The van der Waals surface area contributed by atoms with Crippen LogP contribution in [0.5, 0.6) is 0 Å². The molecule has 6 rings (SSSR count). The zero-order chi connectivity index (χ0) is 31.1. The molecular formula is C30H22IrN2S-2. The Morgan fingerprint density at radius 3 is 2.26 bits per heavy atom. The first-order chi connectivity index (χ1) is 20.3. The van der Waals surface area contributed by atoms with Crippen LogP contribution in [0, 0.1) is 25.8 Å². The van der Waals surface area contributed by atoms with Gasteiger partial charge in [-0.1, -0.05) is 47.8 Å². The van der Waals surface area contributed by atoms with Gasteiger partial charge in [0, 0.05) is 45.4 Å². The van der Waals surface area contributed by atoms with Gasteiger partial charge in [0.25, 0.3) is 0 Å². The Hall–Kier alpha value is -3.17. The van der Waals surface area contributed by atoms with E-state index in [1.807, 2.05) is 30.3 Å². The van der Waals surface area contributed by atoms with Crippen molar-refractivity contribution in [2.24, 2.45) is 0 Å². The average molecular weight is 645 g/mol. The molecular weight excluding hydrogens is 613 g/mol. The Bertz CT molecular complexity index is 1950. The van der Waals surface area contributed by atoms with Crippen LogP contribution < -0.4 is 0 Å². The number of aryl methyl sites for hydroxylation is 2. The summed E-state index contributed by atoms with van der Waals surface area (Å²) in [6.45, 7) is -4.87. The van der Waals surface area contributed by atoms with Gasteiger partial charge >= 0.3 is 0 Å². The van der Waals surface area contributed by atoms with Gasteiger partial charge in [-0.05, 0) is 52.4 Å². The molecule has 4 heteroatoms. The Kier molecular flexibility index (Phi) is 4.55. The Balaban J connectivity index is 0.000000207. The molecule has 0 fully saturated rings. The fourth-order valence-electron chi connectivity index (χ4n) is 3.31. The van der Waals surface area contributed by atoms with Crippen LogP contribution in [0.3, 0.4) is 0 Å². The molecule has 34 heavy (non-hydrogen) atoms. The van der Waals surface area contributed by atoms with Crippen molar-refractivity contribution >= 4 is 31.5 Å². The second-order valence-electron chi connectivity index (χ2n) is 7.01. The van der Waals surface area contributed by atoms with Crippen LogP contribution in [0.2, 0.25) is 0 Å². The molecule has 2 nitrogen and oxygen atoms in total. The van der Waals surface area contributed by atoms with E-state index in [4.69, 9.17) is 13.7 Å². The summed E-state index contributed by atoms with van der Waals surface area (Å²) in [6, 6.07) is 23.8. The third kappa shape index (κ3) is 5.15. The standard InChI is InChI=1S/C18H12NS.C12H10N.Ir/c1-12-9-10-16(19-11-12)15-7-4-6-14-13-5-2-3-8-17(13)20-18(14)15;1-10-7-8-12(13-9-10)11-5-3-2-4-6-11;/h2-6,8-11H,1H3;2-5,7-9H,1H3;/q2*-1;/i1D3,9D,10D;1D3,7D,8D;. The van der Waals surface area contributed by atoms with E-state index in [1.165, 1.54) is 6.20 Å². The molecule has 169 valence electrons. The minimum Gasteiger partial charge on any atom is -0.304 e. The van der Waals surface area contributed by atoms with Gasteiger partial charge in [-0.15, -0.1) is 59.7 Å². The summed E-state index contributed by atoms with van der Waals surface area (Å²) in [5.41, 5.74) is 1.36. The van der Waals surface area contributed by atoms with Gasteiger partial charge in [0.15, 0.2) is 0 Å². The molecule has 0 aliphatic rings. The van der Waals surface area contributed by atoms with Crippen molar-refractivity contribution in [3.63, 3.8) is 0 Å². The number of pyridine rings is 2. The van der Waals surface area contributed by atoms with Crippen molar-refractivity contribution in [2.75, 3.05) is 0 Å². The third-order valence-corrected chi connectivity index (χ3v) is 6.02. The predicted molar refractivity (Wildman–Crippen MR) is 139 cm³/mol. The summed E-state index contributed by atoms with van der Waals surface area (Å²) < 4.78 is 78.2. The van der Waals surface area contributed by atoms with Gasteiger partial charge in [0.1, 0.15) is 0 Å². The molecule has 0 bridgehead atoms. The van der Waals surface area contributed by atoms with E-state index in [9.17, 15) is 0 Å². The van der Waals surface area contributed by atoms with E-state index in [1.54, 1.807) is 41.7 Å². The van der Waals surface area contributed by atoms with Crippen LogP contribution in [0.25, 0.3) is 42.7 Å². The molecule has 0 amide bonds. The molecule has 0 aliphatic heterocycles. The first-order valence-corrected chi connectivity index (χ1v) is 10.8. The Morgan fingerprint density at radius 1 is 0.765 bits per heavy atom. The van der Waals surface area contributed by atoms with Gasteiger partial charge in [0.05, 0.1) is 5.48 Å². The maximum Gasteiger partial charge on any atom is 0.0618 e. The first kappa shape index (κ1) is 14.3. The number of fused-ring (bicyclic) bond motifs is 3. The molecule has 3 heterocycles. The normalized spacial score (nSPS) is 15.4. The van der Waals surface area contributed by atoms with Crippen LogP contribution in [0.1, 0.15) is 24.8 Å². The van der Waals surface area contributed by atoms with Gasteiger partial charge in [-0.25, -0.2) is 0 Å². The summed E-state index contributed by atoms with van der Waals surface area (Å²) in [6.07, 6.45) is 2.33. The summed E-state index contributed by atoms with van der Waals surface area (Å²) in [4.78, 5) is 8.18. The number of aromatic nitrogens is 2. The van der Waals surface area contributed by atoms with Gasteiger partial charge in [-0.3, -0.25) is 0 Å². The summed E-state index contributed by atoms with van der Waals surface area (Å²) in [7, 11) is 0. The fourth-order valence-corrected chi connectivity index (χ4v) is 4.51. The molecule has 0 N–H and O–H groups in total. The van der Waals surface area contributed by atoms with Crippen molar-refractivity contribution < 1.29 is 33.8 Å². The van der Waals surface area contributed by atoms with Crippen molar-refractivity contribution in [1.29, 1.82) is 0 Å². The predicted octanol–water partition coefficient (Wildman–Crippen LogP) is 8.08. The number of benzene rings is 3. The molecule has 0 atom stereocenters. The average Bonchev–Trinajstić information content (AvgIpc) is 3.34. The molecule has 0 saturated heterocycles. The number of thiophene rings is 1. The van der Waals surface area contributed by atoms with E-state index in [0.29, 0.717) is 11.1 Å². The molecule has 0 saturated carbocycles. The molecule has 0 aliphatic carbocycles. The topological polar surface area (TPSA) is 25.8 Å². The maximum atomic E-state index is 8.25. The summed E-state index contributed by atoms with van der Waals surface area (Å²) in [5.74, 6) is 0. The second-order valence-corrected chi connectivity index (χ2v) is 8.06. The van der Waals surface area contributed by atoms with E-state index >= 15 is 0 Å². The smallest absolute Gasteiger partial charge is 0.0618 e. The number of hydrogen-bond donors (Lipinski definition) is 0. The molecule has 1 radical (unpaired) electrons. The fraction of sp³-hybridized carbons (Fsp3) is 0.0667. The monoisotopic (exact) mass is 645 g/mol. The quantitative estimate of drug-likeness (QED) is 0.178. The number of hydrogen-bond acceptors (Lipinski definition) is 3. The van der Waals surface area contributed by atoms with Gasteiger partial charge in [-0.2, -0.15) is 11.3 Å². The van der Waals surface area contributed by atoms with Crippen LogP contribution in [-0.4, -0.2) is 9.97 Å². The minimum absolute atomic E-state index is 0. The van der Waals surface area contributed by atoms with Crippen LogP contribution in [-0.2, 0) is 20.1 Å². The van der Waals surface area contributed by atoms with Gasteiger partial charge in [0.2, 0.25) is 0 Å². The number of nitrogens with zero attached hydrogens (tertiary/aromatic N) is 2. The van der Waals surface area contributed by atoms with Crippen molar-refractivity contribution in [3.8, 4) is 22.5 Å². The summed E-state index contributed by atoms with van der Waals surface area (Å²) >= 11 is 1.58. The van der Waals surface area contributed by atoms with Crippen molar-refractivity contribution in [2.45, 2.75) is 13.7 Å². The largest absolute Gasteiger partial charge is 0.304 e. The van der Waals surface area contributed by atoms with Gasteiger partial charge < -0.3 is 9.97 Å². The minimum atomic E-state index is -2.45. The maximum absolute atomic E-state index is 8.25. The summed E-state index contributed by atoms with van der Waals surface area (Å²) in [5, 5.41) is 2.16. The first-order valence-electron chi connectivity index (χ1n) is 15.0. The van der Waals surface area contributed by atoms with Crippen LogP contribution in [0.15, 0.2) is 97.2 Å². The second kappa shape index (κ2) is 10.8. The van der Waals surface area contributed by atoms with E-state index < -0.39 is 13.7 Å². The van der Waals surface area contributed by atoms with Crippen molar-refractivity contribution in [1.82, 2.24) is 9.97 Å². The zero-order valence-corrected chi connectivity index (χ0v) is 20.8. The zero-order valence-electron chi connectivity index (χ0n) is 27.6. The Morgan fingerprint density at radius 2 is 1.50 bits per heavy atom. The molecule has 0 spiro atoms. The third-order valence-electron chi connectivity index (χ3n) is 4.82. The SMILES string of the molecule is [2H]c1c(C([2H])([2H])[2H])cnc(-c2[c-]ccc3c2sc2ccccc23)c1[2H].[2H]c1c(C([2H])([2H])[2H])cnc(-c2[c-]cccc2)c1[2H].[Ir]. The van der Waals surface area contributed by atoms with Crippen molar-refractivity contribution in [3.05, 3.63) is 120 Å². The molecule has 0 unspecified atom stereocenters. The number of rotatable bonds is 2. The van der Waals surface area contributed by atoms with E-state index in [-0.39, 0.29) is 66.8 Å². The van der Waals surface area contributed by atoms with E-state index in [0.717, 1.165) is 26.4 Å². The molecule has 3 aromatic carbocycles. The molecule has 3 aromatic heterocycles. The molecule has 6 aromatic rings. The van der Waals surface area contributed by atoms with Crippen LogP contribution >= 0.6 is 11.3 Å². The Labute approximate surface area is 231 Å².